The molecule has 2 saturated carbocycles. The standard InChI is InChI=1S/C19H16FN5O.C18H23FN6O.C18H22N4OS/c1-11-17(22-23-25(11)16-3-2-8-21-18(16)20)12-4-7-15-13(9-12)10-24(19(15)26)14-5-6-14;1-12(2)23(4)18(26)24-10-7-14(8-11-24)16-13(3)25(22-21-16)15-6-5-9-20-17(15)19;1-11-16(17(23)21(2)13-6-4-3-5-7-13)24-18-20-14-9-8-12(19)10-15(14)22(11)18/h2-4,7-9,14H,5-6,10H2,1H3;5-7,9,12H,8,10-11H2,1-4H3;8-10,13H,3-7,19H2,1-2H3. The topological polar surface area (TPSA) is 195 Å². The van der Waals surface area contributed by atoms with Crippen LogP contribution in [0.2, 0.25) is 0 Å². The Labute approximate surface area is 442 Å². The first kappa shape index (κ1) is 51.5. The summed E-state index contributed by atoms with van der Waals surface area (Å²) in [5.41, 5.74) is 16.6. The maximum atomic E-state index is 14.0. The van der Waals surface area contributed by atoms with Gasteiger partial charge in [-0.05, 0) is 132 Å². The lowest BCUT2D eigenvalue weighted by atomic mass is 9.94. The largest absolute Gasteiger partial charge is 0.399 e. The van der Waals surface area contributed by atoms with Crippen LogP contribution in [0.4, 0.5) is 19.3 Å². The van der Waals surface area contributed by atoms with Gasteiger partial charge in [-0.3, -0.25) is 14.0 Å². The average Bonchev–Trinajstić information content (AvgIpc) is 3.60. The number of nitrogens with two attached hydrogens (primary N) is 1. The highest BCUT2D eigenvalue weighted by atomic mass is 32.1. The molecule has 18 nitrogen and oxygen atoms in total. The molecule has 394 valence electrons. The van der Waals surface area contributed by atoms with E-state index in [2.05, 4.69) is 40.0 Å². The van der Waals surface area contributed by atoms with Gasteiger partial charge in [0.2, 0.25) is 11.9 Å². The van der Waals surface area contributed by atoms with Crippen molar-refractivity contribution < 1.29 is 23.2 Å². The molecule has 2 aromatic carbocycles. The number of anilines is 1. The fraction of sp³-hybridized carbons (Fsp3) is 0.382. The van der Waals surface area contributed by atoms with E-state index in [1.807, 2.05) is 106 Å². The number of nitrogen functional groups attached to an aromatic ring is 1. The summed E-state index contributed by atoms with van der Waals surface area (Å²) in [7, 11) is 3.75. The lowest BCUT2D eigenvalue weighted by Gasteiger charge is -2.32. The van der Waals surface area contributed by atoms with Crippen molar-refractivity contribution in [2.45, 2.75) is 111 Å². The molecule has 21 heteroatoms. The summed E-state index contributed by atoms with van der Waals surface area (Å²) >= 11 is 1.48. The molecule has 0 spiro atoms. The van der Waals surface area contributed by atoms with E-state index in [9.17, 15) is 23.2 Å². The number of hydrogen-bond acceptors (Lipinski definition) is 12. The predicted molar refractivity (Wildman–Crippen MR) is 287 cm³/mol. The number of hydrogen-bond donors (Lipinski definition) is 1. The highest BCUT2D eigenvalue weighted by Crippen LogP contribution is 2.37. The van der Waals surface area contributed by atoms with Gasteiger partial charge in [0.15, 0.2) is 4.96 Å². The normalized spacial score (nSPS) is 15.6. The molecule has 8 heterocycles. The smallest absolute Gasteiger partial charge is 0.320 e. The van der Waals surface area contributed by atoms with Gasteiger partial charge in [0, 0.05) is 86.8 Å². The highest BCUT2D eigenvalue weighted by Gasteiger charge is 2.38. The number of urea groups is 1. The summed E-state index contributed by atoms with van der Waals surface area (Å²) in [4.78, 5) is 58.9. The van der Waals surface area contributed by atoms with Gasteiger partial charge in [-0.25, -0.2) is 29.1 Å². The van der Waals surface area contributed by atoms with Crippen LogP contribution < -0.4 is 5.73 Å². The Balaban J connectivity index is 0.000000130. The molecule has 0 atom stereocenters. The van der Waals surface area contributed by atoms with Gasteiger partial charge >= 0.3 is 6.03 Å². The fourth-order valence-electron chi connectivity index (χ4n) is 10.1. The number of aryl methyl sites for hydroxylation is 1. The second-order valence-electron chi connectivity index (χ2n) is 20.1. The van der Waals surface area contributed by atoms with Crippen LogP contribution in [0.25, 0.3) is 44.2 Å². The van der Waals surface area contributed by atoms with Gasteiger partial charge in [0.1, 0.15) is 27.6 Å². The number of imidazole rings is 1. The fourth-order valence-corrected chi connectivity index (χ4v) is 11.3. The van der Waals surface area contributed by atoms with Crippen LogP contribution in [0.5, 0.6) is 0 Å². The van der Waals surface area contributed by atoms with Gasteiger partial charge in [-0.1, -0.05) is 53.2 Å². The third kappa shape index (κ3) is 10.0. The van der Waals surface area contributed by atoms with Gasteiger partial charge in [-0.15, -0.1) is 10.2 Å². The Hall–Kier alpha value is -7.94. The molecule has 0 unspecified atom stereocenters. The van der Waals surface area contributed by atoms with Crippen molar-refractivity contribution in [1.82, 2.24) is 68.9 Å². The SMILES string of the molecule is Cc1c(-c2ccc3c(c2)CN(C2CC2)C3=O)nnn1-c1cccnc1F.Cc1c(C(=O)N(C)C2CCCCC2)sc2nc3ccc(N)cc3n12.Cc1c(C2=CCN(C(=O)N(C)C(C)C)CC2)nnn1-c1cccnc1F. The summed E-state index contributed by atoms with van der Waals surface area (Å²) in [6.45, 7) is 11.5. The molecule has 8 aromatic rings. The summed E-state index contributed by atoms with van der Waals surface area (Å²) in [5, 5.41) is 16.6. The molecule has 4 amide bonds. The van der Waals surface area contributed by atoms with Gasteiger partial charge in [0.05, 0.1) is 22.4 Å². The first-order valence-corrected chi connectivity index (χ1v) is 26.6. The Morgan fingerprint density at radius 2 is 1.47 bits per heavy atom. The Bertz CT molecular complexity index is 3530. The van der Waals surface area contributed by atoms with Crippen LogP contribution in [-0.2, 0) is 6.54 Å². The predicted octanol–water partition coefficient (Wildman–Crippen LogP) is 9.40. The van der Waals surface area contributed by atoms with E-state index >= 15 is 0 Å². The van der Waals surface area contributed by atoms with E-state index in [4.69, 9.17) is 5.73 Å². The van der Waals surface area contributed by atoms with Crippen molar-refractivity contribution in [3.05, 3.63) is 130 Å². The van der Waals surface area contributed by atoms with E-state index in [1.54, 1.807) is 29.2 Å². The molecule has 76 heavy (non-hydrogen) atoms. The molecule has 0 saturated heterocycles. The van der Waals surface area contributed by atoms with Crippen LogP contribution in [-0.4, -0.2) is 132 Å². The van der Waals surface area contributed by atoms with Crippen LogP contribution >= 0.6 is 11.3 Å². The van der Waals surface area contributed by atoms with Gasteiger partial charge < -0.3 is 25.3 Å². The summed E-state index contributed by atoms with van der Waals surface area (Å²) in [6.07, 6.45) is 13.6. The first-order chi connectivity index (χ1) is 36.6. The average molecular weight is 1050 g/mol. The number of benzene rings is 2. The third-order valence-corrected chi connectivity index (χ3v) is 16.1. The number of fused-ring (bicyclic) bond motifs is 4. The number of pyridine rings is 2. The van der Waals surface area contributed by atoms with Crippen molar-refractivity contribution in [3.63, 3.8) is 0 Å². The summed E-state index contributed by atoms with van der Waals surface area (Å²) in [5.74, 6) is -0.941. The highest BCUT2D eigenvalue weighted by molar-refractivity contribution is 7.19. The molecule has 0 bridgehead atoms. The van der Waals surface area contributed by atoms with E-state index < -0.39 is 11.9 Å². The van der Waals surface area contributed by atoms with Gasteiger partial charge in [0.25, 0.3) is 11.8 Å². The monoisotopic (exact) mass is 1050 g/mol. The van der Waals surface area contributed by atoms with Gasteiger partial charge in [-0.2, -0.15) is 8.78 Å². The second kappa shape index (κ2) is 21.4. The van der Waals surface area contributed by atoms with Crippen molar-refractivity contribution in [2.75, 3.05) is 32.9 Å². The quantitative estimate of drug-likeness (QED) is 0.113. The number of nitrogens with zero attached hydrogens (tertiary/aromatic N) is 14. The van der Waals surface area contributed by atoms with Crippen LogP contribution in [0.15, 0.2) is 79.1 Å². The molecule has 2 fully saturated rings. The molecule has 2 aliphatic heterocycles. The van der Waals surface area contributed by atoms with Crippen molar-refractivity contribution in [3.8, 4) is 22.6 Å². The van der Waals surface area contributed by atoms with Crippen molar-refractivity contribution in [2.24, 2.45) is 0 Å². The second-order valence-corrected chi connectivity index (χ2v) is 21.1. The molecule has 12 rings (SSSR count). The Morgan fingerprint density at radius 1 is 0.816 bits per heavy atom. The number of thiazole rings is 1. The minimum Gasteiger partial charge on any atom is -0.399 e. The zero-order valence-corrected chi connectivity index (χ0v) is 44.6. The maximum absolute atomic E-state index is 14.0. The number of amides is 4. The van der Waals surface area contributed by atoms with Crippen LogP contribution in [0.1, 0.15) is 114 Å². The number of carbonyl (C=O) groups excluding carboxylic acids is 3. The van der Waals surface area contributed by atoms with E-state index in [0.29, 0.717) is 49.5 Å². The molecule has 6 aromatic heterocycles. The lowest BCUT2D eigenvalue weighted by Crippen LogP contribution is -2.45. The molecule has 4 aliphatic rings. The molecular weight excluding hydrogens is 989 g/mol. The Kier molecular flexibility index (Phi) is 14.5. The zero-order chi connectivity index (χ0) is 53.5. The van der Waals surface area contributed by atoms with Crippen LogP contribution in [0.3, 0.4) is 0 Å². The van der Waals surface area contributed by atoms with E-state index in [0.717, 1.165) is 91.6 Å². The lowest BCUT2D eigenvalue weighted by molar-refractivity contribution is 0.0699. The number of aromatic nitrogens is 10. The minimum atomic E-state index is -0.591. The summed E-state index contributed by atoms with van der Waals surface area (Å²) < 4.78 is 32.9. The number of halogens is 2. The number of rotatable bonds is 8. The summed E-state index contributed by atoms with van der Waals surface area (Å²) in [6, 6.07) is 18.9. The van der Waals surface area contributed by atoms with E-state index in [1.165, 1.54) is 52.4 Å². The number of carbonyl (C=O) groups is 3. The first-order valence-electron chi connectivity index (χ1n) is 25.8. The molecule has 2 N–H and O–H groups in total. The third-order valence-electron chi connectivity index (χ3n) is 14.9. The molecule has 0 radical (unpaired) electrons. The minimum absolute atomic E-state index is 0.0214. The van der Waals surface area contributed by atoms with E-state index in [-0.39, 0.29) is 35.3 Å². The van der Waals surface area contributed by atoms with Crippen LogP contribution in [0, 0.1) is 32.7 Å². The molecule has 2 aliphatic carbocycles. The maximum Gasteiger partial charge on any atom is 0.320 e. The van der Waals surface area contributed by atoms with Crippen molar-refractivity contribution >= 4 is 56.4 Å². The molecular formula is C55H61F2N15O3S. The Morgan fingerprint density at radius 3 is 2.09 bits per heavy atom. The van der Waals surface area contributed by atoms with Crippen molar-refractivity contribution in [1.29, 1.82) is 0 Å². The zero-order valence-electron chi connectivity index (χ0n) is 43.7.